The number of hydrogen-bond acceptors (Lipinski definition) is 9. The summed E-state index contributed by atoms with van der Waals surface area (Å²) in [6, 6.07) is 0. The van der Waals surface area contributed by atoms with Crippen molar-refractivity contribution >= 4 is 0 Å². The Hall–Kier alpha value is -1.14. The lowest BCUT2D eigenvalue weighted by Crippen LogP contribution is -2.61. The summed E-state index contributed by atoms with van der Waals surface area (Å²) in [5, 5.41) is 65.8. The number of rotatable bonds is 8. The van der Waals surface area contributed by atoms with Gasteiger partial charge in [0.15, 0.2) is 6.29 Å². The number of aliphatic hydroxyl groups excluding tert-OH is 6. The van der Waals surface area contributed by atoms with Crippen molar-refractivity contribution in [1.29, 1.82) is 0 Å². The highest BCUT2D eigenvalue weighted by atomic mass is 16.7. The molecule has 9 nitrogen and oxygen atoms in total. The van der Waals surface area contributed by atoms with Gasteiger partial charge in [-0.15, -0.1) is 6.58 Å². The van der Waals surface area contributed by atoms with Crippen LogP contribution in [0, 0.1) is 29.1 Å². The molecule has 0 radical (unpaired) electrons. The molecular formula is C31H50O9. The molecule has 3 aliphatic carbocycles. The van der Waals surface area contributed by atoms with Gasteiger partial charge in [-0.25, -0.2) is 0 Å². The average Bonchev–Trinajstić information content (AvgIpc) is 3.42. The minimum atomic E-state index is -1.58. The first-order valence-electron chi connectivity index (χ1n) is 14.7. The maximum Gasteiger partial charge on any atom is 0.187 e. The largest absolute Gasteiger partial charge is 0.396 e. The predicted molar refractivity (Wildman–Crippen MR) is 149 cm³/mol. The Balaban J connectivity index is 1.74. The minimum absolute atomic E-state index is 0.00109. The zero-order valence-corrected chi connectivity index (χ0v) is 24.7. The molecule has 40 heavy (non-hydrogen) atoms. The molecule has 12 atom stereocenters. The maximum absolute atomic E-state index is 11.9. The highest BCUT2D eigenvalue weighted by molar-refractivity contribution is 5.43. The summed E-state index contributed by atoms with van der Waals surface area (Å²) >= 11 is 0. The Bertz CT molecular complexity index is 989. The van der Waals surface area contributed by atoms with Crippen LogP contribution in [-0.4, -0.2) is 98.5 Å². The summed E-state index contributed by atoms with van der Waals surface area (Å²) in [6.07, 6.45) is -3.93. The first-order chi connectivity index (χ1) is 18.7. The number of aliphatic hydroxyl groups is 6. The molecule has 0 aromatic carbocycles. The molecule has 4 rings (SSSR count). The van der Waals surface area contributed by atoms with E-state index in [0.717, 1.165) is 29.6 Å². The van der Waals surface area contributed by atoms with Gasteiger partial charge >= 0.3 is 0 Å². The quantitative estimate of drug-likeness (QED) is 0.242. The van der Waals surface area contributed by atoms with Crippen molar-refractivity contribution in [3.8, 4) is 0 Å². The van der Waals surface area contributed by atoms with Gasteiger partial charge < -0.3 is 44.8 Å². The lowest BCUT2D eigenvalue weighted by molar-refractivity contribution is -0.319. The van der Waals surface area contributed by atoms with Crippen LogP contribution in [0.15, 0.2) is 35.5 Å². The molecule has 4 aliphatic rings. The standard InChI is InChI=1S/C31H50O9/c1-8-30(5,6)38-14-21-25(35)26(36)27(37)29(39-21)40-28-23-19(15(2)3)11-22(33)31(23,7)12-20-17(13-32)9-10-18(20)16(4)24(28)34/h8,12,15-18,21-22,24-29,32-37H,1,9-11,13-14H2,2-7H3/b20-12-/t16-,17-,18+,21?,22+,24-,25?,26?,27?,28-,29?,31+/m1/s1. The van der Waals surface area contributed by atoms with Gasteiger partial charge in [0.05, 0.1) is 24.4 Å². The fourth-order valence-electron chi connectivity index (χ4n) is 7.12. The molecule has 6 N–H and O–H groups in total. The second-order valence-electron chi connectivity index (χ2n) is 13.3. The Kier molecular flexibility index (Phi) is 9.42. The van der Waals surface area contributed by atoms with Crippen LogP contribution in [0.2, 0.25) is 0 Å². The van der Waals surface area contributed by atoms with Crippen LogP contribution in [0.1, 0.15) is 60.8 Å². The van der Waals surface area contributed by atoms with Gasteiger partial charge in [0, 0.05) is 17.9 Å². The average molecular weight is 567 g/mol. The molecule has 0 aromatic heterocycles. The summed E-state index contributed by atoms with van der Waals surface area (Å²) < 4.78 is 18.3. The van der Waals surface area contributed by atoms with E-state index in [1.165, 1.54) is 0 Å². The number of hydrogen-bond donors (Lipinski definition) is 6. The van der Waals surface area contributed by atoms with Crippen molar-refractivity contribution in [3.63, 3.8) is 0 Å². The van der Waals surface area contributed by atoms with E-state index in [-0.39, 0.29) is 36.9 Å². The van der Waals surface area contributed by atoms with Gasteiger partial charge in [0.2, 0.25) is 0 Å². The lowest BCUT2D eigenvalue weighted by atomic mass is 9.68. The predicted octanol–water partition coefficient (Wildman–Crippen LogP) is 1.84. The van der Waals surface area contributed by atoms with Gasteiger partial charge in [0.1, 0.15) is 30.5 Å². The van der Waals surface area contributed by atoms with E-state index in [0.29, 0.717) is 6.42 Å². The molecule has 2 fully saturated rings. The highest BCUT2D eigenvalue weighted by Crippen LogP contribution is 2.55. The van der Waals surface area contributed by atoms with Gasteiger partial charge in [-0.05, 0) is 63.4 Å². The van der Waals surface area contributed by atoms with Crippen molar-refractivity contribution in [3.05, 3.63) is 35.5 Å². The molecule has 0 spiro atoms. The fourth-order valence-corrected chi connectivity index (χ4v) is 7.12. The Morgan fingerprint density at radius 1 is 1.10 bits per heavy atom. The van der Waals surface area contributed by atoms with Crippen LogP contribution >= 0.6 is 0 Å². The van der Waals surface area contributed by atoms with Crippen molar-refractivity contribution in [1.82, 2.24) is 0 Å². The van der Waals surface area contributed by atoms with E-state index in [2.05, 4.69) is 12.7 Å². The van der Waals surface area contributed by atoms with Crippen molar-refractivity contribution in [2.24, 2.45) is 29.1 Å². The van der Waals surface area contributed by atoms with Crippen molar-refractivity contribution in [2.75, 3.05) is 13.2 Å². The van der Waals surface area contributed by atoms with Gasteiger partial charge in [0.25, 0.3) is 0 Å². The van der Waals surface area contributed by atoms with Crippen LogP contribution < -0.4 is 0 Å². The third-order valence-corrected chi connectivity index (χ3v) is 9.97. The number of ether oxygens (including phenoxy) is 3. The van der Waals surface area contributed by atoms with Crippen LogP contribution in [0.5, 0.6) is 0 Å². The zero-order valence-electron chi connectivity index (χ0n) is 24.7. The molecule has 228 valence electrons. The maximum atomic E-state index is 11.9. The molecular weight excluding hydrogens is 516 g/mol. The third kappa shape index (κ3) is 5.62. The first-order valence-corrected chi connectivity index (χ1v) is 14.7. The summed E-state index contributed by atoms with van der Waals surface area (Å²) in [4.78, 5) is 0. The summed E-state index contributed by atoms with van der Waals surface area (Å²) in [5.41, 5.74) is 1.22. The van der Waals surface area contributed by atoms with Gasteiger partial charge in [-0.3, -0.25) is 0 Å². The summed E-state index contributed by atoms with van der Waals surface area (Å²) in [6.45, 7) is 15.3. The summed E-state index contributed by atoms with van der Waals surface area (Å²) in [5.74, 6) is -0.220. The molecule has 0 aromatic rings. The normalized spacial score (nSPS) is 45.5. The number of fused-ring (bicyclic) bond motifs is 2. The fraction of sp³-hybridized carbons (Fsp3) is 0.806. The second kappa shape index (κ2) is 11.9. The van der Waals surface area contributed by atoms with Crippen molar-refractivity contribution < 1.29 is 44.8 Å². The molecule has 1 saturated heterocycles. The van der Waals surface area contributed by atoms with E-state index in [4.69, 9.17) is 14.2 Å². The highest BCUT2D eigenvalue weighted by Gasteiger charge is 2.55. The Morgan fingerprint density at radius 2 is 1.77 bits per heavy atom. The Labute approximate surface area is 238 Å². The van der Waals surface area contributed by atoms with E-state index < -0.39 is 60.0 Å². The first kappa shape index (κ1) is 31.8. The van der Waals surface area contributed by atoms with Gasteiger partial charge in [-0.1, -0.05) is 44.1 Å². The topological polar surface area (TPSA) is 149 Å². The molecule has 9 heteroatoms. The smallest absolute Gasteiger partial charge is 0.187 e. The molecule has 1 heterocycles. The van der Waals surface area contributed by atoms with E-state index in [9.17, 15) is 30.6 Å². The molecule has 1 aliphatic heterocycles. The second-order valence-corrected chi connectivity index (χ2v) is 13.3. The van der Waals surface area contributed by atoms with E-state index in [1.807, 2.05) is 27.7 Å². The molecule has 1 saturated carbocycles. The van der Waals surface area contributed by atoms with Crippen LogP contribution in [0.4, 0.5) is 0 Å². The van der Waals surface area contributed by atoms with E-state index >= 15 is 0 Å². The van der Waals surface area contributed by atoms with Crippen LogP contribution in [0.3, 0.4) is 0 Å². The van der Waals surface area contributed by atoms with Gasteiger partial charge in [-0.2, -0.15) is 0 Å². The monoisotopic (exact) mass is 566 g/mol. The van der Waals surface area contributed by atoms with E-state index in [1.54, 1.807) is 19.9 Å². The van der Waals surface area contributed by atoms with Crippen molar-refractivity contribution in [2.45, 2.75) is 115 Å². The van der Waals surface area contributed by atoms with Crippen LogP contribution in [-0.2, 0) is 14.2 Å². The Morgan fingerprint density at radius 3 is 2.38 bits per heavy atom. The zero-order chi connectivity index (χ0) is 29.7. The summed E-state index contributed by atoms with van der Waals surface area (Å²) in [7, 11) is 0. The molecule has 0 bridgehead atoms. The molecule has 0 amide bonds. The third-order valence-electron chi connectivity index (χ3n) is 9.97. The SMILES string of the molecule is C=CC(C)(C)OCC1OC(O[C@@H]2C3=C(C(C)C)C[C@H](O)[C@]3(C)/C=C3/[C@@H](CO)CC[C@H]3[C@@H](C)[C@H]2O)C(O)C(O)C1O. The molecule has 5 unspecified atom stereocenters. The minimum Gasteiger partial charge on any atom is -0.396 e. The lowest BCUT2D eigenvalue weighted by Gasteiger charge is -2.46. The van der Waals surface area contributed by atoms with Crippen LogP contribution in [0.25, 0.3) is 0 Å².